The van der Waals surface area contributed by atoms with Crippen LogP contribution in [0, 0.1) is 36.3 Å². The quantitative estimate of drug-likeness (QED) is 0.0645. The van der Waals surface area contributed by atoms with Crippen molar-refractivity contribution in [3.05, 3.63) is 181 Å². The molecule has 0 spiro atoms. The van der Waals surface area contributed by atoms with Gasteiger partial charge in [0.15, 0.2) is 11.6 Å². The summed E-state index contributed by atoms with van der Waals surface area (Å²) in [4.78, 5) is 84.6. The van der Waals surface area contributed by atoms with Crippen LogP contribution in [0.4, 0.5) is 33.0 Å². The number of aromatic nitrogens is 16. The van der Waals surface area contributed by atoms with Crippen LogP contribution in [0.25, 0.3) is 44.1 Å². The van der Waals surface area contributed by atoms with E-state index in [0.717, 1.165) is 374 Å². The van der Waals surface area contributed by atoms with Crippen LogP contribution in [0.5, 0.6) is 28.9 Å². The second-order valence-electron chi connectivity index (χ2n) is 37.3. The zero-order valence-corrected chi connectivity index (χ0v) is 77.2. The van der Waals surface area contributed by atoms with E-state index >= 15 is 4.39 Å². The SMILES string of the molecule is CN1CCN(c2ncnc(CC3CCC(Oc4cc(N5CCOCC5)cc5nccnc45)CC3)c2F)CC1.[2H]C([2H])([2H])c1nccc(CC2CCC(Oc3cc(N4CCOCC4)cc4nccnc34)CC2)n1.c1nc(CC2CCC(Oc3cc(N4CCOCC4)cc4nccnc34)CC2)c2c(n1)OCC2.c1nc2c(c(CC3CCC(Oc4cc(N5CCOCC5)cc5nccnc45)CC3)n1)COC2. The first-order valence-electron chi connectivity index (χ1n) is 50.3. The van der Waals surface area contributed by atoms with Gasteiger partial charge >= 0.3 is 0 Å². The Bertz CT molecular complexity index is 5910. The average molecular weight is 1840 g/mol. The van der Waals surface area contributed by atoms with Crippen molar-refractivity contribution in [2.45, 2.75) is 179 Å². The summed E-state index contributed by atoms with van der Waals surface area (Å²) in [5.41, 5.74) is 18.3. The van der Waals surface area contributed by atoms with Gasteiger partial charge in [0.05, 0.1) is 136 Å². The molecule has 0 atom stereocenters. The lowest BCUT2D eigenvalue weighted by molar-refractivity contribution is 0.122. The Kier molecular flexibility index (Phi) is 28.4. The molecule has 0 amide bonds. The van der Waals surface area contributed by atoms with Crippen LogP contribution in [0.1, 0.15) is 152 Å². The second kappa shape index (κ2) is 43.9. The minimum Gasteiger partial charge on any atom is -0.488 e. The molecule has 0 N–H and O–H groups in total. The van der Waals surface area contributed by atoms with E-state index < -0.39 is 6.85 Å². The van der Waals surface area contributed by atoms with Crippen molar-refractivity contribution < 1.29 is 55.9 Å². The lowest BCUT2D eigenvalue weighted by Crippen LogP contribution is -2.45. The average Bonchev–Trinajstić information content (AvgIpc) is 1.36. The number of nitrogens with zero attached hydrogens (tertiary/aromatic N) is 22. The van der Waals surface area contributed by atoms with Gasteiger partial charge < -0.3 is 76.8 Å². The van der Waals surface area contributed by atoms with Crippen LogP contribution in [0.3, 0.4) is 0 Å². The zero-order chi connectivity index (χ0) is 93.5. The highest BCUT2D eigenvalue weighted by Gasteiger charge is 2.34. The van der Waals surface area contributed by atoms with Gasteiger partial charge in [-0.05, 0) is 196 Å². The normalized spacial score (nSPS) is 23.1. The molecule has 4 aromatic carbocycles. The van der Waals surface area contributed by atoms with E-state index in [9.17, 15) is 0 Å². The number of ether oxygens (including phenoxy) is 10. The van der Waals surface area contributed by atoms with Gasteiger partial charge in [0.1, 0.15) is 69.9 Å². The number of likely N-dealkylation sites (N-methyl/N-ethyl adjacent to an activating group) is 1. The minimum atomic E-state index is -2.27. The fourth-order valence-corrected chi connectivity index (χ4v) is 20.9. The number of aryl methyl sites for hydroxylation is 1. The van der Waals surface area contributed by atoms with E-state index in [1.165, 1.54) is 28.8 Å². The van der Waals surface area contributed by atoms with E-state index in [1.54, 1.807) is 68.4 Å². The molecular weight excluding hydrogens is 1710 g/mol. The number of fused-ring (bicyclic) bond motifs is 6. The highest BCUT2D eigenvalue weighted by atomic mass is 19.1. The molecule has 7 aliphatic heterocycles. The van der Waals surface area contributed by atoms with Crippen molar-refractivity contribution in [2.24, 2.45) is 23.7 Å². The van der Waals surface area contributed by atoms with E-state index in [1.807, 2.05) is 11.0 Å². The molecule has 0 radical (unpaired) electrons. The summed E-state index contributed by atoms with van der Waals surface area (Å²) in [6.07, 6.45) is 41.6. The summed E-state index contributed by atoms with van der Waals surface area (Å²) >= 11 is 0. The maximum absolute atomic E-state index is 15.4. The molecule has 32 nitrogen and oxygen atoms in total. The molecule has 11 aliphatic rings. The number of hydrogen-bond acceptors (Lipinski definition) is 32. The Labute approximate surface area is 791 Å². The topological polar surface area (TPSA) is 318 Å². The van der Waals surface area contributed by atoms with Gasteiger partial charge in [-0.25, -0.2) is 64.2 Å². The lowest BCUT2D eigenvalue weighted by Gasteiger charge is -2.33. The Balaban J connectivity index is 0.000000114. The fourth-order valence-electron chi connectivity index (χ4n) is 20.9. The first kappa shape index (κ1) is 87.3. The lowest BCUT2D eigenvalue weighted by atomic mass is 9.83. The summed E-state index contributed by atoms with van der Waals surface area (Å²) in [6, 6.07) is 18.7. The van der Waals surface area contributed by atoms with E-state index in [4.69, 9.17) is 51.5 Å². The van der Waals surface area contributed by atoms with Crippen molar-refractivity contribution in [1.82, 2.24) is 84.6 Å². The standard InChI is InChI=1S/C28H36FN7O2.2C25H29N5O3.C24H29N5O2/c1-34-8-10-36(11-9-34)28-26(29)23(32-19-33-28)16-20-2-4-22(5-3-20)38-25-18-21(35-12-14-37-15-13-35)17-24-27(25)31-7-6-30-24;1-3-19(4-2-17(1)13-21-20-5-10-32-25(20)29-16-28-21)33-23-15-18(30-8-11-31-12-9-30)14-22-24(23)27-7-6-26-22;1-3-19(4-2-17(1)11-21-20-14-32-15-23(20)29-16-28-21)33-24-13-18(30-7-9-31-10-8-30)12-22-25(24)27-6-5-26-22;1-17-25-7-6-19(28-17)14-18-2-4-21(5-3-18)31-23-16-20(29-10-12-30-13-11-29)15-22-24(23)27-9-8-26-22/h6-7,17-20,22H,2-5,8-16H2,1H3;6-7,14-17,19H,1-5,8-13H2;5-6,12-13,16-17,19H,1-4,7-11,14-15H2;6-9,15-16,18,21H,2-5,10-14H2,1H3/i;;;1D3. The number of piperazine rings is 1. The molecule has 4 aliphatic carbocycles. The van der Waals surface area contributed by atoms with Gasteiger partial charge in [-0.1, -0.05) is 0 Å². The minimum absolute atomic E-state index is 0.0739. The van der Waals surface area contributed by atoms with Crippen LogP contribution in [-0.4, -0.2) is 254 Å². The molecule has 9 fully saturated rings. The van der Waals surface area contributed by atoms with Crippen LogP contribution < -0.4 is 48.2 Å². The van der Waals surface area contributed by atoms with E-state index in [2.05, 4.69) is 160 Å². The van der Waals surface area contributed by atoms with Gasteiger partial charge in [-0.15, -0.1) is 0 Å². The molecular formula is C102H123FN22O10. The summed E-state index contributed by atoms with van der Waals surface area (Å²) in [5.74, 6) is 6.27. The number of benzene rings is 4. The molecule has 135 heavy (non-hydrogen) atoms. The van der Waals surface area contributed by atoms with Crippen molar-refractivity contribution in [3.63, 3.8) is 0 Å². The van der Waals surface area contributed by atoms with Crippen LogP contribution >= 0.6 is 0 Å². The number of anilines is 5. The molecule has 0 unspecified atom stereocenters. The Morgan fingerprint density at radius 2 is 0.719 bits per heavy atom. The molecule has 5 saturated heterocycles. The van der Waals surface area contributed by atoms with Crippen molar-refractivity contribution in [2.75, 3.05) is 170 Å². The van der Waals surface area contributed by atoms with Gasteiger partial charge in [-0.3, -0.25) is 19.9 Å². The molecule has 23 rings (SSSR count). The number of halogens is 1. The van der Waals surface area contributed by atoms with Gasteiger partial charge in [0, 0.05) is 214 Å². The predicted octanol–water partition coefficient (Wildman–Crippen LogP) is 13.9. The fraction of sp³-hybridized carbons (Fsp3) is 0.529. The third-order valence-corrected chi connectivity index (χ3v) is 28.4. The maximum atomic E-state index is 15.4. The van der Waals surface area contributed by atoms with Crippen molar-refractivity contribution in [3.8, 4) is 28.9 Å². The summed E-state index contributed by atoms with van der Waals surface area (Å²) < 4.78 is 97.4. The van der Waals surface area contributed by atoms with E-state index in [-0.39, 0.29) is 36.1 Å². The molecule has 15 heterocycles. The number of hydrogen-bond donors (Lipinski definition) is 0. The molecule has 8 aromatic heterocycles. The smallest absolute Gasteiger partial charge is 0.220 e. The highest BCUT2D eigenvalue weighted by Crippen LogP contribution is 2.43. The summed E-state index contributed by atoms with van der Waals surface area (Å²) in [7, 11) is 2.09. The molecule has 0 bridgehead atoms. The van der Waals surface area contributed by atoms with Crippen molar-refractivity contribution >= 4 is 72.7 Å². The summed E-state index contributed by atoms with van der Waals surface area (Å²) in [5, 5.41) is 0. The van der Waals surface area contributed by atoms with Crippen molar-refractivity contribution in [1.29, 1.82) is 0 Å². The van der Waals surface area contributed by atoms with Crippen LogP contribution in [0.15, 0.2) is 129 Å². The number of rotatable bonds is 21. The Morgan fingerprint density at radius 3 is 1.13 bits per heavy atom. The third kappa shape index (κ3) is 22.8. The Hall–Kier alpha value is -11.8. The predicted molar refractivity (Wildman–Crippen MR) is 511 cm³/mol. The van der Waals surface area contributed by atoms with Gasteiger partial charge in [0.2, 0.25) is 5.88 Å². The maximum Gasteiger partial charge on any atom is 0.220 e. The van der Waals surface area contributed by atoms with Gasteiger partial charge in [0.25, 0.3) is 0 Å². The largest absolute Gasteiger partial charge is 0.488 e. The molecule has 12 aromatic rings. The van der Waals surface area contributed by atoms with Gasteiger partial charge in [-0.2, -0.15) is 0 Å². The molecule has 708 valence electrons. The first-order chi connectivity index (χ1) is 67.8. The van der Waals surface area contributed by atoms with Crippen LogP contribution in [0.2, 0.25) is 0 Å². The monoisotopic (exact) mass is 1840 g/mol. The zero-order valence-electron chi connectivity index (χ0n) is 80.2. The first-order valence-corrected chi connectivity index (χ1v) is 48.8. The number of morpholine rings is 4. The Morgan fingerprint density at radius 1 is 0.348 bits per heavy atom. The van der Waals surface area contributed by atoms with Crippen LogP contribution in [-0.2, 0) is 69.0 Å². The molecule has 33 heteroatoms. The van der Waals surface area contributed by atoms with E-state index in [0.29, 0.717) is 54.8 Å². The second-order valence-corrected chi connectivity index (χ2v) is 37.3. The molecule has 4 saturated carbocycles. The third-order valence-electron chi connectivity index (χ3n) is 28.4. The highest BCUT2D eigenvalue weighted by molar-refractivity contribution is 5.88. The summed E-state index contributed by atoms with van der Waals surface area (Å²) in [6.45, 7) is 16.0.